The van der Waals surface area contributed by atoms with E-state index in [0.717, 1.165) is 21.2 Å². The lowest BCUT2D eigenvalue weighted by Crippen LogP contribution is -2.19. The molecular weight excluding hydrogens is 398 g/mol. The molecular formula is C23H25N3O3S. The topological polar surface area (TPSA) is 78.5 Å². The summed E-state index contributed by atoms with van der Waals surface area (Å²) < 4.78 is 17.3. The molecule has 0 atom stereocenters. The smallest absolute Gasteiger partial charge is 0.163 e. The lowest BCUT2D eigenvalue weighted by Gasteiger charge is -2.31. The first-order chi connectivity index (χ1) is 14.6. The number of benzene rings is 2. The van der Waals surface area contributed by atoms with Gasteiger partial charge in [-0.2, -0.15) is 10.5 Å². The minimum absolute atomic E-state index is 0.261. The molecule has 0 aliphatic carbocycles. The van der Waals surface area contributed by atoms with Gasteiger partial charge in [0, 0.05) is 36.5 Å². The predicted molar refractivity (Wildman–Crippen MR) is 116 cm³/mol. The van der Waals surface area contributed by atoms with Crippen molar-refractivity contribution >= 4 is 23.1 Å². The molecule has 0 aromatic heterocycles. The molecule has 0 fully saturated rings. The fourth-order valence-corrected chi connectivity index (χ4v) is 4.63. The van der Waals surface area contributed by atoms with Gasteiger partial charge in [-0.1, -0.05) is 23.9 Å². The highest BCUT2D eigenvalue weighted by Crippen LogP contribution is 2.52. The van der Waals surface area contributed by atoms with E-state index in [9.17, 15) is 10.5 Å². The van der Waals surface area contributed by atoms with Gasteiger partial charge in [-0.05, 0) is 38.5 Å². The third kappa shape index (κ3) is 4.55. The number of fused-ring (bicyclic) bond motifs is 2. The van der Waals surface area contributed by atoms with Gasteiger partial charge in [-0.25, -0.2) is 0 Å². The maximum atomic E-state index is 9.75. The highest BCUT2D eigenvalue weighted by atomic mass is 32.2. The van der Waals surface area contributed by atoms with Crippen LogP contribution >= 0.6 is 11.8 Å². The zero-order chi connectivity index (χ0) is 21.5. The Bertz CT molecular complexity index is 975. The number of rotatable bonds is 9. The molecule has 0 bridgehead atoms. The molecule has 2 aromatic carbocycles. The Morgan fingerprint density at radius 1 is 1.07 bits per heavy atom. The molecule has 0 spiro atoms. The van der Waals surface area contributed by atoms with Gasteiger partial charge in [0.15, 0.2) is 12.0 Å². The van der Waals surface area contributed by atoms with Crippen molar-refractivity contribution in [2.24, 2.45) is 0 Å². The van der Waals surface area contributed by atoms with E-state index in [1.54, 1.807) is 17.8 Å². The zero-order valence-corrected chi connectivity index (χ0v) is 18.3. The largest absolute Gasteiger partial charge is 0.490 e. The second-order valence-corrected chi connectivity index (χ2v) is 7.74. The second-order valence-electron chi connectivity index (χ2n) is 6.66. The summed E-state index contributed by atoms with van der Waals surface area (Å²) in [5.41, 5.74) is 2.46. The molecule has 0 amide bonds. The summed E-state index contributed by atoms with van der Waals surface area (Å²) in [6, 6.07) is 14.1. The van der Waals surface area contributed by atoms with Crippen molar-refractivity contribution in [2.45, 2.75) is 42.8 Å². The van der Waals surface area contributed by atoms with Gasteiger partial charge in [0.25, 0.3) is 0 Å². The maximum Gasteiger partial charge on any atom is 0.163 e. The average molecular weight is 424 g/mol. The number of hydrogen-bond acceptors (Lipinski definition) is 7. The molecule has 6 nitrogen and oxygen atoms in total. The predicted octanol–water partition coefficient (Wildman–Crippen LogP) is 5.22. The summed E-state index contributed by atoms with van der Waals surface area (Å²) in [7, 11) is 1.96. The van der Waals surface area contributed by atoms with Crippen LogP contribution in [-0.2, 0) is 9.47 Å². The van der Waals surface area contributed by atoms with Crippen molar-refractivity contribution in [1.82, 2.24) is 0 Å². The minimum Gasteiger partial charge on any atom is -0.490 e. The van der Waals surface area contributed by atoms with Crippen LogP contribution < -0.4 is 9.64 Å². The van der Waals surface area contributed by atoms with Crippen molar-refractivity contribution in [2.75, 3.05) is 31.8 Å². The van der Waals surface area contributed by atoms with E-state index < -0.39 is 0 Å². The Morgan fingerprint density at radius 2 is 1.80 bits per heavy atom. The average Bonchev–Trinajstić information content (AvgIpc) is 2.76. The maximum absolute atomic E-state index is 9.75. The van der Waals surface area contributed by atoms with Crippen molar-refractivity contribution in [3.8, 4) is 17.9 Å². The quantitative estimate of drug-likeness (QED) is 0.404. The highest BCUT2D eigenvalue weighted by Gasteiger charge is 2.28. The fraction of sp³-hybridized carbons (Fsp3) is 0.391. The van der Waals surface area contributed by atoms with Gasteiger partial charge in [0.1, 0.15) is 17.7 Å². The molecule has 156 valence electrons. The first-order valence-corrected chi connectivity index (χ1v) is 10.8. The van der Waals surface area contributed by atoms with Crippen molar-refractivity contribution in [3.63, 3.8) is 0 Å². The number of nitriles is 2. The van der Waals surface area contributed by atoms with Crippen LogP contribution in [-0.4, -0.2) is 33.2 Å². The molecule has 3 rings (SSSR count). The fourth-order valence-electron chi connectivity index (χ4n) is 3.43. The highest BCUT2D eigenvalue weighted by molar-refractivity contribution is 7.99. The van der Waals surface area contributed by atoms with Gasteiger partial charge >= 0.3 is 0 Å². The van der Waals surface area contributed by atoms with Crippen LogP contribution in [0.25, 0.3) is 0 Å². The molecule has 0 saturated heterocycles. The van der Waals surface area contributed by atoms with Crippen LogP contribution in [0.15, 0.2) is 40.1 Å². The monoisotopic (exact) mass is 423 g/mol. The lowest BCUT2D eigenvalue weighted by atomic mass is 10.1. The van der Waals surface area contributed by atoms with E-state index in [4.69, 9.17) is 14.2 Å². The standard InChI is InChI=1S/C23H25N3O3S/c1-4-27-21(28-5-2)11-8-12-29-23-17(15-25)16(14-24)13-20-22(23)26(3)18-9-6-7-10-19(18)30-20/h6-7,9-10,13,21H,4-5,8,11-12H2,1-3H3. The van der Waals surface area contributed by atoms with Gasteiger partial charge in [0.05, 0.1) is 23.5 Å². The molecule has 0 saturated carbocycles. The van der Waals surface area contributed by atoms with E-state index in [1.807, 2.05) is 50.1 Å². The number of hydrogen-bond donors (Lipinski definition) is 0. The van der Waals surface area contributed by atoms with E-state index in [0.29, 0.717) is 44.0 Å². The Kier molecular flexibility index (Phi) is 7.59. The molecule has 0 unspecified atom stereocenters. The van der Waals surface area contributed by atoms with Crippen LogP contribution in [0.5, 0.6) is 5.75 Å². The van der Waals surface area contributed by atoms with Crippen LogP contribution in [0.2, 0.25) is 0 Å². The Labute approximate surface area is 182 Å². The van der Waals surface area contributed by atoms with Gasteiger partial charge in [0.2, 0.25) is 0 Å². The molecule has 0 N–H and O–H groups in total. The van der Waals surface area contributed by atoms with Crippen LogP contribution in [0.4, 0.5) is 11.4 Å². The normalized spacial score (nSPS) is 12.1. The van der Waals surface area contributed by atoms with E-state index in [-0.39, 0.29) is 11.9 Å². The van der Waals surface area contributed by atoms with Gasteiger partial charge < -0.3 is 19.1 Å². The summed E-state index contributed by atoms with van der Waals surface area (Å²) in [4.78, 5) is 4.04. The second kappa shape index (κ2) is 10.4. The molecule has 30 heavy (non-hydrogen) atoms. The first-order valence-electron chi connectivity index (χ1n) is 10.0. The minimum atomic E-state index is -0.261. The molecule has 7 heteroatoms. The van der Waals surface area contributed by atoms with Crippen molar-refractivity contribution in [1.29, 1.82) is 10.5 Å². The number of nitrogens with zero attached hydrogens (tertiary/aromatic N) is 3. The third-order valence-electron chi connectivity index (χ3n) is 4.77. The molecule has 1 aliphatic rings. The van der Waals surface area contributed by atoms with Crippen molar-refractivity contribution < 1.29 is 14.2 Å². The molecule has 1 heterocycles. The Balaban J connectivity index is 1.87. The SMILES string of the molecule is CCOC(CCCOc1c(C#N)c(C#N)cc2c1N(C)c1ccccc1S2)OCC. The lowest BCUT2D eigenvalue weighted by molar-refractivity contribution is -0.140. The zero-order valence-electron chi connectivity index (χ0n) is 17.5. The van der Waals surface area contributed by atoms with Gasteiger partial charge in [-0.3, -0.25) is 0 Å². The molecule has 1 aliphatic heterocycles. The Hall–Kier alpha value is -2.71. The summed E-state index contributed by atoms with van der Waals surface area (Å²) in [5.74, 6) is 0.459. The van der Waals surface area contributed by atoms with E-state index in [2.05, 4.69) is 12.1 Å². The summed E-state index contributed by atoms with van der Waals surface area (Å²) in [6.07, 6.45) is 1.13. The number of para-hydroxylation sites is 1. The molecule has 0 radical (unpaired) electrons. The van der Waals surface area contributed by atoms with E-state index >= 15 is 0 Å². The number of ether oxygens (including phenoxy) is 3. The van der Waals surface area contributed by atoms with Crippen LogP contribution in [0.1, 0.15) is 37.8 Å². The Morgan fingerprint density at radius 3 is 2.47 bits per heavy atom. The first kappa shape index (κ1) is 22.0. The van der Waals surface area contributed by atoms with E-state index in [1.165, 1.54) is 0 Å². The summed E-state index contributed by atoms with van der Waals surface area (Å²) in [5, 5.41) is 19.3. The van der Waals surface area contributed by atoms with Crippen LogP contribution in [0, 0.1) is 22.7 Å². The summed E-state index contributed by atoms with van der Waals surface area (Å²) >= 11 is 1.58. The third-order valence-corrected chi connectivity index (χ3v) is 5.87. The van der Waals surface area contributed by atoms with Crippen LogP contribution in [0.3, 0.4) is 0 Å². The number of anilines is 2. The molecule has 2 aromatic rings. The van der Waals surface area contributed by atoms with Gasteiger partial charge in [-0.15, -0.1) is 0 Å². The van der Waals surface area contributed by atoms with Crippen molar-refractivity contribution in [3.05, 3.63) is 41.5 Å². The summed E-state index contributed by atoms with van der Waals surface area (Å²) in [6.45, 7) is 5.44.